The normalized spacial score (nSPS) is 17.0. The van der Waals surface area contributed by atoms with Crippen molar-refractivity contribution in [2.45, 2.75) is 32.3 Å². The van der Waals surface area contributed by atoms with E-state index in [0.29, 0.717) is 5.56 Å². The lowest BCUT2D eigenvalue weighted by Crippen LogP contribution is -2.38. The van der Waals surface area contributed by atoms with Crippen molar-refractivity contribution in [2.24, 2.45) is 0 Å². The van der Waals surface area contributed by atoms with Gasteiger partial charge < -0.3 is 9.32 Å². The molecule has 1 aromatic heterocycles. The van der Waals surface area contributed by atoms with Crippen LogP contribution in [0.25, 0.3) is 11.0 Å². The topological polar surface area (TPSA) is 54.7 Å². The Morgan fingerprint density at radius 2 is 2.18 bits per heavy atom. The fourth-order valence-electron chi connectivity index (χ4n) is 2.77. The lowest BCUT2D eigenvalue weighted by atomic mass is 10.1. The number of likely N-dealkylation sites (tertiary alicyclic amines) is 1. The molecule has 0 aliphatic carbocycles. The van der Waals surface area contributed by atoms with Crippen LogP contribution in [0.2, 0.25) is 0 Å². The highest BCUT2D eigenvalue weighted by Gasteiger charge is 2.20. The maximum atomic E-state index is 12.3. The molecule has 118 valence electrons. The van der Waals surface area contributed by atoms with Gasteiger partial charge in [-0.1, -0.05) is 13.0 Å². The van der Waals surface area contributed by atoms with Crippen molar-refractivity contribution in [3.05, 3.63) is 35.6 Å². The second-order valence-corrected chi connectivity index (χ2v) is 5.89. The van der Waals surface area contributed by atoms with Crippen molar-refractivity contribution in [3.63, 3.8) is 0 Å². The highest BCUT2D eigenvalue weighted by Crippen LogP contribution is 2.23. The van der Waals surface area contributed by atoms with Gasteiger partial charge in [0.15, 0.2) is 0 Å². The number of carbonyl (C=O) groups excluding carboxylic acids is 1. The number of piperidine rings is 1. The summed E-state index contributed by atoms with van der Waals surface area (Å²) in [5.41, 5.74) is 5.01. The zero-order valence-electron chi connectivity index (χ0n) is 13.1. The third-order valence-electron chi connectivity index (χ3n) is 4.27. The van der Waals surface area contributed by atoms with E-state index in [4.69, 9.17) is 9.25 Å². The van der Waals surface area contributed by atoms with Crippen LogP contribution in [-0.4, -0.2) is 37.0 Å². The monoisotopic (exact) mass is 302 g/mol. The number of furan rings is 1. The fraction of sp³-hybridized carbons (Fsp3) is 0.471. The summed E-state index contributed by atoms with van der Waals surface area (Å²) in [7, 11) is 2.09. The van der Waals surface area contributed by atoms with Gasteiger partial charge in [-0.05, 0) is 44.0 Å². The molecule has 1 aliphatic rings. The molecule has 5 heteroatoms. The molecule has 0 spiro atoms. The van der Waals surface area contributed by atoms with Crippen molar-refractivity contribution < 1.29 is 14.0 Å². The second-order valence-electron chi connectivity index (χ2n) is 5.89. The van der Waals surface area contributed by atoms with Gasteiger partial charge in [-0.2, -0.15) is 0 Å². The molecule has 1 aliphatic heterocycles. The first-order valence-corrected chi connectivity index (χ1v) is 7.82. The summed E-state index contributed by atoms with van der Waals surface area (Å²) in [4.78, 5) is 20.1. The van der Waals surface area contributed by atoms with Gasteiger partial charge in [0.1, 0.15) is 11.8 Å². The Balaban J connectivity index is 1.67. The van der Waals surface area contributed by atoms with E-state index < -0.39 is 0 Å². The summed E-state index contributed by atoms with van der Waals surface area (Å²) in [6.45, 7) is 4.08. The van der Waals surface area contributed by atoms with Gasteiger partial charge in [-0.3, -0.25) is 9.63 Å². The number of rotatable bonds is 4. The predicted molar refractivity (Wildman–Crippen MR) is 84.7 cm³/mol. The quantitative estimate of drug-likeness (QED) is 0.882. The minimum Gasteiger partial charge on any atom is -0.463 e. The van der Waals surface area contributed by atoms with Crippen LogP contribution in [0.5, 0.6) is 0 Å². The Hall–Kier alpha value is -1.85. The lowest BCUT2D eigenvalue weighted by Gasteiger charge is -2.28. The fourth-order valence-corrected chi connectivity index (χ4v) is 2.77. The predicted octanol–water partition coefficient (Wildman–Crippen LogP) is 2.75. The summed E-state index contributed by atoms with van der Waals surface area (Å²) in [6.07, 6.45) is 4.38. The summed E-state index contributed by atoms with van der Waals surface area (Å²) < 4.78 is 5.45. The first kappa shape index (κ1) is 15.1. The maximum absolute atomic E-state index is 12.3. The molecular formula is C17H22N2O3. The summed E-state index contributed by atoms with van der Waals surface area (Å²) in [5, 5.41) is 0.837. The molecule has 1 amide bonds. The van der Waals surface area contributed by atoms with Crippen molar-refractivity contribution in [1.29, 1.82) is 0 Å². The minimum absolute atomic E-state index is 0.0875. The zero-order valence-corrected chi connectivity index (χ0v) is 13.1. The lowest BCUT2D eigenvalue weighted by molar-refractivity contribution is -0.0400. The maximum Gasteiger partial charge on any atom is 0.278 e. The Labute approximate surface area is 130 Å². The van der Waals surface area contributed by atoms with Crippen LogP contribution in [0.3, 0.4) is 0 Å². The second kappa shape index (κ2) is 6.50. The van der Waals surface area contributed by atoms with Gasteiger partial charge in [0.2, 0.25) is 0 Å². The standard InChI is InChI=1S/C17H22N2O3/c1-3-12-4-5-16-14(10-12)15(11-21-16)17(20)18-22-13-6-8-19(2)9-7-13/h4-5,10-11,13H,3,6-9H2,1-2H3,(H,18,20). The molecule has 0 unspecified atom stereocenters. The van der Waals surface area contributed by atoms with Gasteiger partial charge in [-0.15, -0.1) is 0 Å². The number of fused-ring (bicyclic) bond motifs is 1. The van der Waals surface area contributed by atoms with Crippen LogP contribution < -0.4 is 5.48 Å². The summed E-state index contributed by atoms with van der Waals surface area (Å²) >= 11 is 0. The van der Waals surface area contributed by atoms with E-state index in [1.807, 2.05) is 18.2 Å². The molecule has 1 fully saturated rings. The van der Waals surface area contributed by atoms with Crippen LogP contribution >= 0.6 is 0 Å². The van der Waals surface area contributed by atoms with Crippen molar-refractivity contribution in [2.75, 3.05) is 20.1 Å². The van der Waals surface area contributed by atoms with Crippen molar-refractivity contribution in [1.82, 2.24) is 10.4 Å². The molecule has 0 bridgehead atoms. The molecule has 0 radical (unpaired) electrons. The van der Waals surface area contributed by atoms with Crippen LogP contribution in [-0.2, 0) is 11.3 Å². The molecule has 1 aromatic carbocycles. The van der Waals surface area contributed by atoms with Gasteiger partial charge >= 0.3 is 0 Å². The highest BCUT2D eigenvalue weighted by molar-refractivity contribution is 6.05. The van der Waals surface area contributed by atoms with Crippen LogP contribution in [0, 0.1) is 0 Å². The number of benzene rings is 1. The van der Waals surface area contributed by atoms with E-state index >= 15 is 0 Å². The molecule has 0 saturated carbocycles. The molecule has 2 aromatic rings. The van der Waals surface area contributed by atoms with Gasteiger partial charge in [0.05, 0.1) is 11.7 Å². The number of amides is 1. The van der Waals surface area contributed by atoms with E-state index in [1.54, 1.807) is 0 Å². The van der Waals surface area contributed by atoms with E-state index in [-0.39, 0.29) is 12.0 Å². The van der Waals surface area contributed by atoms with E-state index in [0.717, 1.165) is 43.3 Å². The van der Waals surface area contributed by atoms with Gasteiger partial charge in [0.25, 0.3) is 5.91 Å². The first-order chi connectivity index (χ1) is 10.7. The number of nitrogens with zero attached hydrogens (tertiary/aromatic N) is 1. The number of nitrogens with one attached hydrogen (secondary N) is 1. The Morgan fingerprint density at radius 3 is 2.91 bits per heavy atom. The molecule has 0 atom stereocenters. The number of carbonyl (C=O) groups is 1. The van der Waals surface area contributed by atoms with Gasteiger partial charge in [-0.25, -0.2) is 5.48 Å². The average Bonchev–Trinajstić information content (AvgIpc) is 2.97. The largest absolute Gasteiger partial charge is 0.463 e. The molecule has 2 heterocycles. The Morgan fingerprint density at radius 1 is 1.41 bits per heavy atom. The van der Waals surface area contributed by atoms with E-state index in [9.17, 15) is 4.79 Å². The van der Waals surface area contributed by atoms with E-state index in [1.165, 1.54) is 11.8 Å². The molecule has 5 nitrogen and oxygen atoms in total. The Kier molecular flexibility index (Phi) is 4.45. The van der Waals surface area contributed by atoms with Gasteiger partial charge in [0, 0.05) is 18.5 Å². The van der Waals surface area contributed by atoms with Crippen molar-refractivity contribution in [3.8, 4) is 0 Å². The van der Waals surface area contributed by atoms with E-state index in [2.05, 4.69) is 24.4 Å². The summed E-state index contributed by atoms with van der Waals surface area (Å²) in [5.74, 6) is -0.245. The minimum atomic E-state index is -0.245. The number of hydrogen-bond donors (Lipinski definition) is 1. The Bertz CT molecular complexity index is 657. The summed E-state index contributed by atoms with van der Waals surface area (Å²) in [6, 6.07) is 5.93. The highest BCUT2D eigenvalue weighted by atomic mass is 16.7. The molecule has 22 heavy (non-hydrogen) atoms. The van der Waals surface area contributed by atoms with Crippen LogP contribution in [0.1, 0.15) is 35.7 Å². The number of hydroxylamine groups is 1. The van der Waals surface area contributed by atoms with Crippen LogP contribution in [0.15, 0.2) is 28.9 Å². The van der Waals surface area contributed by atoms with Crippen LogP contribution in [0.4, 0.5) is 0 Å². The number of hydrogen-bond acceptors (Lipinski definition) is 4. The molecule has 1 N–H and O–H groups in total. The average molecular weight is 302 g/mol. The zero-order chi connectivity index (χ0) is 15.5. The third-order valence-corrected chi connectivity index (χ3v) is 4.27. The molecule has 1 saturated heterocycles. The molecule has 3 rings (SSSR count). The SMILES string of the molecule is CCc1ccc2occ(C(=O)NOC3CCN(C)CC3)c2c1. The molecular weight excluding hydrogens is 280 g/mol. The smallest absolute Gasteiger partial charge is 0.278 e. The van der Waals surface area contributed by atoms with Crippen molar-refractivity contribution >= 4 is 16.9 Å². The first-order valence-electron chi connectivity index (χ1n) is 7.82. The third kappa shape index (κ3) is 3.15. The number of aryl methyl sites for hydroxylation is 1.